The highest BCUT2D eigenvalue weighted by molar-refractivity contribution is 5.87. The number of rotatable bonds is 8. The topological polar surface area (TPSA) is 67.2 Å². The Hall–Kier alpha value is -2.92. The molecule has 3 atom stereocenters. The van der Waals surface area contributed by atoms with Crippen LogP contribution < -0.4 is 4.90 Å². The summed E-state index contributed by atoms with van der Waals surface area (Å²) in [6.45, 7) is 2.45. The van der Waals surface area contributed by atoms with Gasteiger partial charge < -0.3 is 15.1 Å². The molecule has 38 heavy (non-hydrogen) atoms. The number of nitrogens with zero attached hydrogens (tertiary/aromatic N) is 3. The van der Waals surface area contributed by atoms with Gasteiger partial charge in [0.15, 0.2) is 0 Å². The van der Waals surface area contributed by atoms with Crippen LogP contribution in [0.3, 0.4) is 0 Å². The molecule has 1 unspecified atom stereocenters. The number of phenols is 1. The third-order valence-electron chi connectivity index (χ3n) is 7.34. The van der Waals surface area contributed by atoms with Crippen LogP contribution in [-0.2, 0) is 6.42 Å². The number of fused-ring (bicyclic) bond motifs is 1. The fourth-order valence-electron chi connectivity index (χ4n) is 5.75. The van der Waals surface area contributed by atoms with Crippen LogP contribution in [0.4, 0.5) is 32.4 Å². The molecule has 4 rings (SSSR count). The van der Waals surface area contributed by atoms with Gasteiger partial charge in [-0.05, 0) is 61.6 Å². The minimum absolute atomic E-state index is 0.0468. The molecule has 208 valence electrons. The summed E-state index contributed by atoms with van der Waals surface area (Å²) in [5.41, 5.74) is 0.325. The van der Waals surface area contributed by atoms with E-state index in [9.17, 15) is 28.2 Å². The fourth-order valence-corrected chi connectivity index (χ4v) is 5.75. The van der Waals surface area contributed by atoms with Gasteiger partial charge in [-0.2, -0.15) is 0 Å². The standard InChI is InChI=1S/C27H32F5N3O3/c1-16-10-17-11-20(36)4-5-21(17)25(34(16)15-27(2,31)32)24-22(29)12-19(13-23(24)30)35(26(37)38)18-6-9-33(14-18)8-3-7-28/h4-5,11-13,16,18,25,36H,3,6-10,14-15H2,1-2H3,(H,37,38)/t16-,18?,25+/m1/s1. The minimum Gasteiger partial charge on any atom is -0.508 e. The molecule has 0 saturated carbocycles. The zero-order chi connectivity index (χ0) is 27.8. The van der Waals surface area contributed by atoms with Gasteiger partial charge in [0.05, 0.1) is 31.0 Å². The van der Waals surface area contributed by atoms with Crippen molar-refractivity contribution in [1.82, 2.24) is 9.80 Å². The molecule has 0 radical (unpaired) electrons. The van der Waals surface area contributed by atoms with Gasteiger partial charge in [0.2, 0.25) is 0 Å². The Bertz CT molecular complexity index is 1150. The Morgan fingerprint density at radius 2 is 1.87 bits per heavy atom. The summed E-state index contributed by atoms with van der Waals surface area (Å²) in [7, 11) is 0. The Kier molecular flexibility index (Phi) is 8.17. The summed E-state index contributed by atoms with van der Waals surface area (Å²) in [6.07, 6.45) is -0.358. The second kappa shape index (κ2) is 11.1. The molecule has 2 heterocycles. The zero-order valence-corrected chi connectivity index (χ0v) is 21.3. The van der Waals surface area contributed by atoms with Crippen molar-refractivity contribution < 1.29 is 37.0 Å². The summed E-state index contributed by atoms with van der Waals surface area (Å²) in [5, 5.41) is 19.8. The molecule has 0 aromatic heterocycles. The average molecular weight is 542 g/mol. The lowest BCUT2D eigenvalue weighted by Gasteiger charge is -2.43. The van der Waals surface area contributed by atoms with Crippen LogP contribution in [0, 0.1) is 11.6 Å². The molecule has 2 aliphatic heterocycles. The van der Waals surface area contributed by atoms with Crippen molar-refractivity contribution in [2.75, 3.05) is 37.8 Å². The van der Waals surface area contributed by atoms with Crippen LogP contribution in [0.1, 0.15) is 49.4 Å². The molecule has 11 heteroatoms. The van der Waals surface area contributed by atoms with Gasteiger partial charge in [0, 0.05) is 38.2 Å². The molecular weight excluding hydrogens is 509 g/mol. The van der Waals surface area contributed by atoms with E-state index in [1.165, 1.54) is 23.1 Å². The third-order valence-corrected chi connectivity index (χ3v) is 7.34. The molecule has 2 aromatic carbocycles. The lowest BCUT2D eigenvalue weighted by molar-refractivity contribution is -0.0371. The van der Waals surface area contributed by atoms with Gasteiger partial charge >= 0.3 is 6.09 Å². The first-order chi connectivity index (χ1) is 17.9. The fraction of sp³-hybridized carbons (Fsp3) is 0.519. The number of halogens is 5. The van der Waals surface area contributed by atoms with Crippen LogP contribution in [0.15, 0.2) is 30.3 Å². The molecule has 2 aliphatic rings. The summed E-state index contributed by atoms with van der Waals surface area (Å²) in [5.74, 6) is -5.30. The number of carbonyl (C=O) groups is 1. The van der Waals surface area contributed by atoms with E-state index >= 15 is 8.78 Å². The largest absolute Gasteiger partial charge is 0.508 e. The highest BCUT2D eigenvalue weighted by Crippen LogP contribution is 2.43. The number of amides is 1. The predicted molar refractivity (Wildman–Crippen MR) is 133 cm³/mol. The number of hydrogen-bond acceptors (Lipinski definition) is 4. The number of hydrogen-bond donors (Lipinski definition) is 2. The molecule has 0 spiro atoms. The number of anilines is 1. The molecule has 1 amide bonds. The Labute approximate surface area is 218 Å². The molecule has 2 aromatic rings. The first kappa shape index (κ1) is 28.1. The van der Waals surface area contributed by atoms with E-state index in [2.05, 4.69) is 0 Å². The summed E-state index contributed by atoms with van der Waals surface area (Å²) in [4.78, 5) is 16.3. The summed E-state index contributed by atoms with van der Waals surface area (Å²) >= 11 is 0. The van der Waals surface area contributed by atoms with Crippen molar-refractivity contribution in [2.24, 2.45) is 0 Å². The Morgan fingerprint density at radius 1 is 1.18 bits per heavy atom. The molecular formula is C27H32F5N3O3. The maximum absolute atomic E-state index is 15.8. The number of phenolic OH excluding ortho intramolecular Hbond substituents is 1. The monoisotopic (exact) mass is 541 g/mol. The molecule has 2 N–H and O–H groups in total. The van der Waals surface area contributed by atoms with Crippen LogP contribution in [0.5, 0.6) is 5.75 Å². The maximum Gasteiger partial charge on any atom is 0.412 e. The molecule has 1 fully saturated rings. The average Bonchev–Trinajstić information content (AvgIpc) is 3.26. The van der Waals surface area contributed by atoms with Gasteiger partial charge in [-0.1, -0.05) is 6.07 Å². The number of benzene rings is 2. The van der Waals surface area contributed by atoms with E-state index in [-0.39, 0.29) is 11.4 Å². The van der Waals surface area contributed by atoms with Crippen LogP contribution >= 0.6 is 0 Å². The number of alkyl halides is 3. The quantitative estimate of drug-likeness (QED) is 0.427. The summed E-state index contributed by atoms with van der Waals surface area (Å²) < 4.78 is 72.5. The molecule has 1 saturated heterocycles. The number of aromatic hydroxyl groups is 1. The number of carboxylic acid groups (broad SMARTS) is 1. The highest BCUT2D eigenvalue weighted by atomic mass is 19.3. The summed E-state index contributed by atoms with van der Waals surface area (Å²) in [6, 6.07) is 3.82. The molecule has 6 nitrogen and oxygen atoms in total. The second-order valence-corrected chi connectivity index (χ2v) is 10.3. The SMILES string of the molecule is C[C@@H]1Cc2cc(O)ccc2[C@@H](c2c(F)cc(N(C(=O)O)C3CCN(CCCF)C3)cc2F)N1CC(C)(F)F. The Balaban J connectivity index is 1.75. The van der Waals surface area contributed by atoms with Crippen molar-refractivity contribution in [3.8, 4) is 5.75 Å². The van der Waals surface area contributed by atoms with E-state index in [1.807, 2.05) is 4.90 Å². The van der Waals surface area contributed by atoms with E-state index in [0.29, 0.717) is 50.0 Å². The molecule has 0 bridgehead atoms. The van der Waals surface area contributed by atoms with E-state index < -0.39 is 60.6 Å². The van der Waals surface area contributed by atoms with Crippen molar-refractivity contribution in [3.63, 3.8) is 0 Å². The first-order valence-corrected chi connectivity index (χ1v) is 12.6. The first-order valence-electron chi connectivity index (χ1n) is 12.6. The van der Waals surface area contributed by atoms with Gasteiger partial charge in [-0.3, -0.25) is 14.2 Å². The van der Waals surface area contributed by atoms with E-state index in [4.69, 9.17) is 0 Å². The van der Waals surface area contributed by atoms with Gasteiger partial charge in [-0.15, -0.1) is 0 Å². The minimum atomic E-state index is -3.15. The zero-order valence-electron chi connectivity index (χ0n) is 21.3. The lowest BCUT2D eigenvalue weighted by atomic mass is 9.84. The van der Waals surface area contributed by atoms with E-state index in [0.717, 1.165) is 24.0 Å². The predicted octanol–water partition coefficient (Wildman–Crippen LogP) is 5.58. The van der Waals surface area contributed by atoms with E-state index in [1.54, 1.807) is 6.92 Å². The van der Waals surface area contributed by atoms with Crippen LogP contribution in [0.25, 0.3) is 0 Å². The van der Waals surface area contributed by atoms with Crippen LogP contribution in [-0.4, -0.2) is 77.0 Å². The van der Waals surface area contributed by atoms with Gasteiger partial charge in [-0.25, -0.2) is 22.4 Å². The van der Waals surface area contributed by atoms with Crippen molar-refractivity contribution >= 4 is 11.8 Å². The normalized spacial score (nSPS) is 22.4. The van der Waals surface area contributed by atoms with Crippen molar-refractivity contribution in [2.45, 2.75) is 57.2 Å². The van der Waals surface area contributed by atoms with Gasteiger partial charge in [0.25, 0.3) is 5.92 Å². The third kappa shape index (κ3) is 5.88. The maximum atomic E-state index is 15.8. The highest BCUT2D eigenvalue weighted by Gasteiger charge is 2.41. The smallest absolute Gasteiger partial charge is 0.412 e. The second-order valence-electron chi connectivity index (χ2n) is 10.3. The lowest BCUT2D eigenvalue weighted by Crippen LogP contribution is -2.48. The Morgan fingerprint density at radius 3 is 2.47 bits per heavy atom. The van der Waals surface area contributed by atoms with Crippen molar-refractivity contribution in [3.05, 3.63) is 58.7 Å². The number of likely N-dealkylation sites (tertiary alicyclic amines) is 1. The van der Waals surface area contributed by atoms with Gasteiger partial charge in [0.1, 0.15) is 17.4 Å². The van der Waals surface area contributed by atoms with Crippen LogP contribution in [0.2, 0.25) is 0 Å². The molecule has 0 aliphatic carbocycles. The van der Waals surface area contributed by atoms with Crippen molar-refractivity contribution in [1.29, 1.82) is 0 Å².